The van der Waals surface area contributed by atoms with E-state index in [9.17, 15) is 0 Å². The fourth-order valence-electron chi connectivity index (χ4n) is 1.63. The van der Waals surface area contributed by atoms with E-state index in [0.29, 0.717) is 11.4 Å². The molecule has 2 aromatic carbocycles. The third kappa shape index (κ3) is 1.77. The van der Waals surface area contributed by atoms with Crippen LogP contribution in [0.5, 0.6) is 0 Å². The standard InChI is InChI=1S/C14H14N2/c1-2-10-6-8-11(9-7-10)12-4-3-5-13(15)14(12)16/h2-9H,1,15-16H2. The van der Waals surface area contributed by atoms with Crippen molar-refractivity contribution in [2.75, 3.05) is 11.5 Å². The highest BCUT2D eigenvalue weighted by Crippen LogP contribution is 2.30. The Bertz CT molecular complexity index is 513. The number of hydrogen-bond donors (Lipinski definition) is 2. The number of nitrogen functional groups attached to an aromatic ring is 2. The van der Waals surface area contributed by atoms with Gasteiger partial charge in [-0.15, -0.1) is 0 Å². The molecular formula is C14H14N2. The van der Waals surface area contributed by atoms with Gasteiger partial charge in [-0.2, -0.15) is 0 Å². The summed E-state index contributed by atoms with van der Waals surface area (Å²) in [6, 6.07) is 13.7. The molecule has 4 N–H and O–H groups in total. The van der Waals surface area contributed by atoms with Gasteiger partial charge in [-0.25, -0.2) is 0 Å². The zero-order valence-corrected chi connectivity index (χ0v) is 8.98. The predicted octanol–water partition coefficient (Wildman–Crippen LogP) is 3.16. The molecule has 2 rings (SSSR count). The monoisotopic (exact) mass is 210 g/mol. The summed E-state index contributed by atoms with van der Waals surface area (Å²) >= 11 is 0. The quantitative estimate of drug-likeness (QED) is 0.748. The Morgan fingerprint density at radius 3 is 2.25 bits per heavy atom. The van der Waals surface area contributed by atoms with Crippen LogP contribution in [0.4, 0.5) is 11.4 Å². The lowest BCUT2D eigenvalue weighted by Gasteiger charge is -2.08. The summed E-state index contributed by atoms with van der Waals surface area (Å²) in [4.78, 5) is 0. The van der Waals surface area contributed by atoms with Gasteiger partial charge < -0.3 is 11.5 Å². The van der Waals surface area contributed by atoms with Crippen LogP contribution in [0.1, 0.15) is 5.56 Å². The first kappa shape index (κ1) is 10.3. The number of para-hydroxylation sites is 1. The molecule has 2 heteroatoms. The molecule has 0 aromatic heterocycles. The Morgan fingerprint density at radius 1 is 0.938 bits per heavy atom. The molecule has 16 heavy (non-hydrogen) atoms. The van der Waals surface area contributed by atoms with Gasteiger partial charge in [-0.1, -0.05) is 49.1 Å². The Morgan fingerprint density at radius 2 is 1.62 bits per heavy atom. The van der Waals surface area contributed by atoms with Crippen molar-refractivity contribution in [2.24, 2.45) is 0 Å². The summed E-state index contributed by atoms with van der Waals surface area (Å²) in [5.74, 6) is 0. The lowest BCUT2D eigenvalue weighted by atomic mass is 10.0. The van der Waals surface area contributed by atoms with Crippen LogP contribution in [0, 0.1) is 0 Å². The van der Waals surface area contributed by atoms with Gasteiger partial charge in [0.15, 0.2) is 0 Å². The second-order valence-electron chi connectivity index (χ2n) is 3.63. The van der Waals surface area contributed by atoms with E-state index in [1.807, 2.05) is 42.5 Å². The van der Waals surface area contributed by atoms with E-state index in [0.717, 1.165) is 16.7 Å². The van der Waals surface area contributed by atoms with Crippen LogP contribution < -0.4 is 11.5 Å². The zero-order valence-electron chi connectivity index (χ0n) is 8.98. The van der Waals surface area contributed by atoms with Gasteiger partial charge in [0.2, 0.25) is 0 Å². The smallest absolute Gasteiger partial charge is 0.0627 e. The zero-order chi connectivity index (χ0) is 11.5. The SMILES string of the molecule is C=Cc1ccc(-c2cccc(N)c2N)cc1. The fourth-order valence-corrected chi connectivity index (χ4v) is 1.63. The highest BCUT2D eigenvalue weighted by Gasteiger charge is 2.04. The third-order valence-corrected chi connectivity index (χ3v) is 2.60. The van der Waals surface area contributed by atoms with Crippen molar-refractivity contribution in [1.29, 1.82) is 0 Å². The molecule has 0 radical (unpaired) electrons. The normalized spacial score (nSPS) is 10.0. The molecule has 0 fully saturated rings. The molecular weight excluding hydrogens is 196 g/mol. The van der Waals surface area contributed by atoms with Crippen molar-refractivity contribution < 1.29 is 0 Å². The lowest BCUT2D eigenvalue weighted by Crippen LogP contribution is -1.96. The number of anilines is 2. The van der Waals surface area contributed by atoms with Crippen LogP contribution >= 0.6 is 0 Å². The van der Waals surface area contributed by atoms with Crippen LogP contribution in [0.3, 0.4) is 0 Å². The van der Waals surface area contributed by atoms with Crippen LogP contribution in [-0.2, 0) is 0 Å². The maximum atomic E-state index is 5.94. The van der Waals surface area contributed by atoms with Gasteiger partial charge in [-0.3, -0.25) is 0 Å². The number of nitrogens with two attached hydrogens (primary N) is 2. The van der Waals surface area contributed by atoms with Gasteiger partial charge in [0.05, 0.1) is 11.4 Å². The summed E-state index contributed by atoms with van der Waals surface area (Å²) in [5.41, 5.74) is 16.1. The molecule has 0 saturated carbocycles. The van der Waals surface area contributed by atoms with Crippen molar-refractivity contribution >= 4 is 17.5 Å². The molecule has 80 valence electrons. The molecule has 0 saturated heterocycles. The lowest BCUT2D eigenvalue weighted by molar-refractivity contribution is 1.59. The molecule has 2 nitrogen and oxygen atoms in total. The van der Waals surface area contributed by atoms with Gasteiger partial charge in [0, 0.05) is 5.56 Å². The predicted molar refractivity (Wildman–Crippen MR) is 70.8 cm³/mol. The van der Waals surface area contributed by atoms with Crippen molar-refractivity contribution in [3.8, 4) is 11.1 Å². The van der Waals surface area contributed by atoms with Gasteiger partial charge in [-0.05, 0) is 17.2 Å². The minimum Gasteiger partial charge on any atom is -0.397 e. The largest absolute Gasteiger partial charge is 0.397 e. The van der Waals surface area contributed by atoms with Gasteiger partial charge >= 0.3 is 0 Å². The molecule has 0 bridgehead atoms. The molecule has 0 unspecified atom stereocenters. The van der Waals surface area contributed by atoms with E-state index in [4.69, 9.17) is 11.5 Å². The van der Waals surface area contributed by atoms with Crippen LogP contribution in [0.25, 0.3) is 17.2 Å². The average Bonchev–Trinajstić information content (AvgIpc) is 2.33. The summed E-state index contributed by atoms with van der Waals surface area (Å²) in [6.45, 7) is 3.72. The van der Waals surface area contributed by atoms with Crippen molar-refractivity contribution in [2.45, 2.75) is 0 Å². The molecule has 0 aliphatic heterocycles. The third-order valence-electron chi connectivity index (χ3n) is 2.60. The molecule has 2 aromatic rings. The van der Waals surface area contributed by atoms with Crippen molar-refractivity contribution in [3.63, 3.8) is 0 Å². The number of rotatable bonds is 2. The van der Waals surface area contributed by atoms with Crippen molar-refractivity contribution in [3.05, 3.63) is 54.6 Å². The van der Waals surface area contributed by atoms with E-state index >= 15 is 0 Å². The molecule has 0 spiro atoms. The first-order valence-corrected chi connectivity index (χ1v) is 5.09. The summed E-state index contributed by atoms with van der Waals surface area (Å²) in [6.07, 6.45) is 1.81. The van der Waals surface area contributed by atoms with Crippen LogP contribution in [0.2, 0.25) is 0 Å². The summed E-state index contributed by atoms with van der Waals surface area (Å²) < 4.78 is 0. The van der Waals surface area contributed by atoms with Crippen LogP contribution in [0.15, 0.2) is 49.0 Å². The van der Waals surface area contributed by atoms with E-state index in [1.165, 1.54) is 0 Å². The van der Waals surface area contributed by atoms with E-state index in [-0.39, 0.29) is 0 Å². The maximum absolute atomic E-state index is 5.94. The second-order valence-corrected chi connectivity index (χ2v) is 3.63. The molecule has 0 aliphatic carbocycles. The fraction of sp³-hybridized carbons (Fsp3) is 0. The first-order chi connectivity index (χ1) is 7.72. The molecule has 0 atom stereocenters. The summed E-state index contributed by atoms with van der Waals surface area (Å²) in [7, 11) is 0. The molecule has 0 aliphatic rings. The van der Waals surface area contributed by atoms with Gasteiger partial charge in [0.1, 0.15) is 0 Å². The Labute approximate surface area is 95.2 Å². The highest BCUT2D eigenvalue weighted by molar-refractivity contribution is 5.84. The highest BCUT2D eigenvalue weighted by atomic mass is 14.7. The summed E-state index contributed by atoms with van der Waals surface area (Å²) in [5, 5.41) is 0. The minimum atomic E-state index is 0.616. The van der Waals surface area contributed by atoms with Crippen molar-refractivity contribution in [1.82, 2.24) is 0 Å². The number of hydrogen-bond acceptors (Lipinski definition) is 2. The van der Waals surface area contributed by atoms with Crippen LogP contribution in [-0.4, -0.2) is 0 Å². The minimum absolute atomic E-state index is 0.616. The van der Waals surface area contributed by atoms with E-state index in [1.54, 1.807) is 6.07 Å². The van der Waals surface area contributed by atoms with E-state index < -0.39 is 0 Å². The first-order valence-electron chi connectivity index (χ1n) is 5.09. The Hall–Kier alpha value is -2.22. The molecule has 0 heterocycles. The number of benzene rings is 2. The second kappa shape index (κ2) is 4.11. The Balaban J connectivity index is 2.50. The Kier molecular flexibility index (Phi) is 2.64. The average molecular weight is 210 g/mol. The molecule has 0 amide bonds. The topological polar surface area (TPSA) is 52.0 Å². The maximum Gasteiger partial charge on any atom is 0.0627 e. The van der Waals surface area contributed by atoms with E-state index in [2.05, 4.69) is 6.58 Å². The van der Waals surface area contributed by atoms with Gasteiger partial charge in [0.25, 0.3) is 0 Å².